The lowest BCUT2D eigenvalue weighted by atomic mass is 9.84. The molecular formula is C50H62O12S. The normalized spacial score (nSPS) is 15.1. The number of hydrogen-bond donors (Lipinski definition) is 0. The van der Waals surface area contributed by atoms with E-state index in [-0.39, 0.29) is 32.1 Å². The van der Waals surface area contributed by atoms with Crippen LogP contribution in [0.25, 0.3) is 0 Å². The SMILES string of the molecule is CCC1(COCCCCCCOc2ccc(C(=O)Oc3ccc(S(=O)(=O)c4ccc(OC(=O)c5ccc(OCCCCCCOCC6(CC)COC6)cc5)cc4)cc3)cc2)COC1. The molecule has 12 nitrogen and oxygen atoms in total. The lowest BCUT2D eigenvalue weighted by Crippen LogP contribution is -2.45. The van der Waals surface area contributed by atoms with E-state index < -0.39 is 21.8 Å². The maximum atomic E-state index is 13.4. The highest BCUT2D eigenvalue weighted by atomic mass is 32.2. The van der Waals surface area contributed by atoms with Crippen molar-refractivity contribution in [1.82, 2.24) is 0 Å². The highest BCUT2D eigenvalue weighted by Gasteiger charge is 2.37. The van der Waals surface area contributed by atoms with Gasteiger partial charge in [0.25, 0.3) is 0 Å². The molecule has 340 valence electrons. The highest BCUT2D eigenvalue weighted by molar-refractivity contribution is 7.91. The first-order chi connectivity index (χ1) is 30.6. The molecule has 13 heteroatoms. The molecule has 2 heterocycles. The molecule has 4 aromatic carbocycles. The van der Waals surface area contributed by atoms with E-state index >= 15 is 0 Å². The van der Waals surface area contributed by atoms with Crippen LogP contribution in [0.1, 0.15) is 98.8 Å². The van der Waals surface area contributed by atoms with E-state index in [9.17, 15) is 18.0 Å². The summed E-state index contributed by atoms with van der Waals surface area (Å²) in [5.41, 5.74) is 1.12. The van der Waals surface area contributed by atoms with Crippen LogP contribution in [0, 0.1) is 10.8 Å². The van der Waals surface area contributed by atoms with Crippen molar-refractivity contribution in [3.8, 4) is 23.0 Å². The summed E-state index contributed by atoms with van der Waals surface area (Å²) in [6.45, 7) is 11.8. The quantitative estimate of drug-likeness (QED) is 0.0305. The van der Waals surface area contributed by atoms with Crippen molar-refractivity contribution in [2.45, 2.75) is 87.8 Å². The van der Waals surface area contributed by atoms with Crippen LogP contribution >= 0.6 is 0 Å². The summed E-state index contributed by atoms with van der Waals surface area (Å²) in [4.78, 5) is 25.7. The minimum atomic E-state index is -3.92. The van der Waals surface area contributed by atoms with E-state index in [0.29, 0.717) is 35.8 Å². The van der Waals surface area contributed by atoms with Gasteiger partial charge in [-0.3, -0.25) is 0 Å². The van der Waals surface area contributed by atoms with Gasteiger partial charge in [-0.2, -0.15) is 0 Å². The van der Waals surface area contributed by atoms with Gasteiger partial charge in [-0.25, -0.2) is 18.0 Å². The van der Waals surface area contributed by atoms with Gasteiger partial charge in [-0.15, -0.1) is 0 Å². The van der Waals surface area contributed by atoms with Gasteiger partial charge in [0.05, 0.1) is 73.8 Å². The molecule has 0 amide bonds. The van der Waals surface area contributed by atoms with Gasteiger partial charge in [-0.1, -0.05) is 26.7 Å². The Kier molecular flexibility index (Phi) is 18.0. The van der Waals surface area contributed by atoms with Crippen molar-refractivity contribution in [3.63, 3.8) is 0 Å². The Morgan fingerprint density at radius 1 is 0.476 bits per heavy atom. The fraction of sp³-hybridized carbons (Fsp3) is 0.480. The van der Waals surface area contributed by atoms with Gasteiger partial charge in [0.2, 0.25) is 9.84 Å². The average Bonchev–Trinajstić information content (AvgIpc) is 3.27. The molecule has 0 aromatic heterocycles. The van der Waals surface area contributed by atoms with Crippen molar-refractivity contribution < 1.29 is 55.9 Å². The zero-order valence-electron chi connectivity index (χ0n) is 36.7. The molecular weight excluding hydrogens is 825 g/mol. The third-order valence-corrected chi connectivity index (χ3v) is 13.5. The Morgan fingerprint density at radius 2 is 0.810 bits per heavy atom. The second kappa shape index (κ2) is 23.8. The van der Waals surface area contributed by atoms with Crippen molar-refractivity contribution in [3.05, 3.63) is 108 Å². The molecule has 0 unspecified atom stereocenters. The molecule has 6 rings (SSSR count). The molecule has 0 bridgehead atoms. The smallest absolute Gasteiger partial charge is 0.343 e. The molecule has 2 aliphatic rings. The van der Waals surface area contributed by atoms with Gasteiger partial charge in [0, 0.05) is 24.0 Å². The van der Waals surface area contributed by atoms with Crippen molar-refractivity contribution in [2.24, 2.45) is 10.8 Å². The first-order valence-electron chi connectivity index (χ1n) is 22.3. The molecule has 0 spiro atoms. The molecule has 0 saturated carbocycles. The van der Waals surface area contributed by atoms with Gasteiger partial charge in [0.1, 0.15) is 23.0 Å². The van der Waals surface area contributed by atoms with E-state index in [0.717, 1.165) is 117 Å². The zero-order valence-corrected chi connectivity index (χ0v) is 37.5. The van der Waals surface area contributed by atoms with Crippen LogP contribution in [0.5, 0.6) is 23.0 Å². The first-order valence-corrected chi connectivity index (χ1v) is 23.8. The summed E-state index contributed by atoms with van der Waals surface area (Å²) in [6, 6.07) is 24.7. The number of unbranched alkanes of at least 4 members (excludes halogenated alkanes) is 6. The number of carbonyl (C=O) groups is 2. The number of carbonyl (C=O) groups excluding carboxylic acids is 2. The van der Waals surface area contributed by atoms with Crippen LogP contribution in [-0.4, -0.2) is 86.4 Å². The van der Waals surface area contributed by atoms with Crippen LogP contribution in [0.15, 0.2) is 107 Å². The van der Waals surface area contributed by atoms with E-state index in [1.807, 2.05) is 0 Å². The van der Waals surface area contributed by atoms with E-state index in [1.54, 1.807) is 48.5 Å². The lowest BCUT2D eigenvalue weighted by molar-refractivity contribution is -0.150. The Bertz CT molecular complexity index is 1950. The predicted octanol–water partition coefficient (Wildman–Crippen LogP) is 9.72. The molecule has 2 aliphatic heterocycles. The Labute approximate surface area is 372 Å². The summed E-state index contributed by atoms with van der Waals surface area (Å²) in [7, 11) is -3.92. The number of esters is 2. The first kappa shape index (κ1) is 47.7. The second-order valence-electron chi connectivity index (χ2n) is 16.6. The third-order valence-electron chi connectivity index (χ3n) is 11.7. The molecule has 2 fully saturated rings. The van der Waals surface area contributed by atoms with Crippen LogP contribution in [0.4, 0.5) is 0 Å². The maximum absolute atomic E-state index is 13.4. The monoisotopic (exact) mass is 886 g/mol. The van der Waals surface area contributed by atoms with Crippen LogP contribution in [0.3, 0.4) is 0 Å². The van der Waals surface area contributed by atoms with Gasteiger partial charge in [0.15, 0.2) is 0 Å². The molecule has 0 aliphatic carbocycles. The molecule has 0 atom stereocenters. The Hall–Kier alpha value is -4.79. The van der Waals surface area contributed by atoms with E-state index in [1.165, 1.54) is 48.5 Å². The Balaban J connectivity index is 0.849. The minimum Gasteiger partial charge on any atom is -0.494 e. The minimum absolute atomic E-state index is 0.0127. The molecule has 4 aromatic rings. The van der Waals surface area contributed by atoms with Gasteiger partial charge in [-0.05, 0) is 148 Å². The van der Waals surface area contributed by atoms with Crippen molar-refractivity contribution in [1.29, 1.82) is 0 Å². The fourth-order valence-electron chi connectivity index (χ4n) is 7.05. The average molecular weight is 887 g/mol. The van der Waals surface area contributed by atoms with Crippen LogP contribution < -0.4 is 18.9 Å². The highest BCUT2D eigenvalue weighted by Crippen LogP contribution is 2.32. The summed E-state index contributed by atoms with van der Waals surface area (Å²) < 4.78 is 71.9. The number of hydrogen-bond acceptors (Lipinski definition) is 12. The largest absolute Gasteiger partial charge is 0.494 e. The van der Waals surface area contributed by atoms with Crippen molar-refractivity contribution in [2.75, 3.05) is 66.1 Å². The number of ether oxygens (including phenoxy) is 8. The van der Waals surface area contributed by atoms with Crippen LogP contribution in [0.2, 0.25) is 0 Å². The number of sulfone groups is 1. The fourth-order valence-corrected chi connectivity index (χ4v) is 8.31. The lowest BCUT2D eigenvalue weighted by Gasteiger charge is -2.40. The summed E-state index contributed by atoms with van der Waals surface area (Å²) in [6.07, 6.45) is 10.3. The van der Waals surface area contributed by atoms with Gasteiger partial charge >= 0.3 is 11.9 Å². The number of rotatable bonds is 28. The summed E-state index contributed by atoms with van der Waals surface area (Å²) >= 11 is 0. The third kappa shape index (κ3) is 14.1. The Morgan fingerprint density at radius 3 is 1.13 bits per heavy atom. The maximum Gasteiger partial charge on any atom is 0.343 e. The van der Waals surface area contributed by atoms with Crippen molar-refractivity contribution >= 4 is 21.8 Å². The number of benzene rings is 4. The standard InChI is InChI=1S/C50H62O12S/c1-3-49(35-57-36-49)33-55-29-9-5-7-11-31-59-41-17-13-39(14-18-41)47(51)61-43-21-25-45(26-22-43)63(53,54)46-27-23-44(24-28-46)62-48(52)40-15-19-42(20-16-40)60-32-12-8-6-10-30-56-34-50(4-2)37-58-38-50/h13-28H,3-12,29-38H2,1-2H3. The summed E-state index contributed by atoms with van der Waals surface area (Å²) in [5, 5.41) is 0. The van der Waals surface area contributed by atoms with Gasteiger partial charge < -0.3 is 37.9 Å². The second-order valence-corrected chi connectivity index (χ2v) is 18.5. The zero-order chi connectivity index (χ0) is 44.4. The van der Waals surface area contributed by atoms with E-state index in [4.69, 9.17) is 37.9 Å². The van der Waals surface area contributed by atoms with E-state index in [2.05, 4.69) is 13.8 Å². The molecule has 2 saturated heterocycles. The molecule has 63 heavy (non-hydrogen) atoms. The summed E-state index contributed by atoms with van der Waals surface area (Å²) in [5.74, 6) is 0.553. The van der Waals surface area contributed by atoms with Crippen LogP contribution in [-0.2, 0) is 28.8 Å². The molecule has 0 radical (unpaired) electrons. The predicted molar refractivity (Wildman–Crippen MR) is 238 cm³/mol. The topological polar surface area (TPSA) is 142 Å². The molecule has 0 N–H and O–H groups in total.